The molecule has 0 aliphatic carbocycles. The summed E-state index contributed by atoms with van der Waals surface area (Å²) in [6.45, 7) is 1.19. The molecule has 1 atom stereocenters. The first-order valence-corrected chi connectivity index (χ1v) is 7.11. The van der Waals surface area contributed by atoms with Crippen LogP contribution in [0.15, 0.2) is 30.7 Å². The topological polar surface area (TPSA) is 97.1 Å². The summed E-state index contributed by atoms with van der Waals surface area (Å²) in [5, 5.41) is 16.1. The lowest BCUT2D eigenvalue weighted by molar-refractivity contribution is 0.0694. The van der Waals surface area contributed by atoms with Crippen molar-refractivity contribution >= 4 is 11.9 Å². The standard InChI is InChI=1S/C15H16N4O3/c20-14(11-2-1-4-16-8-11)17-7-10-3-5-19-13(6-10)12(9-18-19)15(21)22/h1-2,4,8-10H,3,5-7H2,(H,17,20)(H,21,22). The molecule has 1 aliphatic rings. The van der Waals surface area contributed by atoms with Gasteiger partial charge in [-0.05, 0) is 30.9 Å². The van der Waals surface area contributed by atoms with Crippen LogP contribution in [0.2, 0.25) is 0 Å². The lowest BCUT2D eigenvalue weighted by Crippen LogP contribution is -2.33. The van der Waals surface area contributed by atoms with Gasteiger partial charge in [0.2, 0.25) is 0 Å². The number of carbonyl (C=O) groups is 2. The van der Waals surface area contributed by atoms with E-state index in [1.165, 1.54) is 12.4 Å². The third-order valence-corrected chi connectivity index (χ3v) is 3.89. The fraction of sp³-hybridized carbons (Fsp3) is 0.333. The number of hydrogen-bond acceptors (Lipinski definition) is 4. The molecule has 22 heavy (non-hydrogen) atoms. The van der Waals surface area contributed by atoms with E-state index in [1.807, 2.05) is 0 Å². The van der Waals surface area contributed by atoms with E-state index in [0.29, 0.717) is 25.1 Å². The number of carbonyl (C=O) groups excluding carboxylic acids is 1. The maximum Gasteiger partial charge on any atom is 0.339 e. The van der Waals surface area contributed by atoms with Gasteiger partial charge in [0.25, 0.3) is 5.91 Å². The minimum atomic E-state index is -0.957. The Labute approximate surface area is 127 Å². The normalized spacial score (nSPS) is 16.8. The number of nitrogens with zero attached hydrogens (tertiary/aromatic N) is 3. The van der Waals surface area contributed by atoms with E-state index in [2.05, 4.69) is 15.4 Å². The summed E-state index contributed by atoms with van der Waals surface area (Å²) in [5.41, 5.74) is 1.51. The highest BCUT2D eigenvalue weighted by Crippen LogP contribution is 2.22. The van der Waals surface area contributed by atoms with Crippen LogP contribution in [-0.4, -0.2) is 38.3 Å². The van der Waals surface area contributed by atoms with Crippen molar-refractivity contribution in [1.82, 2.24) is 20.1 Å². The molecule has 2 aromatic rings. The maximum absolute atomic E-state index is 12.0. The lowest BCUT2D eigenvalue weighted by Gasteiger charge is -2.24. The molecule has 3 rings (SSSR count). The average molecular weight is 300 g/mol. The van der Waals surface area contributed by atoms with E-state index < -0.39 is 5.97 Å². The van der Waals surface area contributed by atoms with Gasteiger partial charge in [0.05, 0.1) is 17.5 Å². The quantitative estimate of drug-likeness (QED) is 0.877. The third kappa shape index (κ3) is 2.83. The third-order valence-electron chi connectivity index (χ3n) is 3.89. The Morgan fingerprint density at radius 2 is 2.27 bits per heavy atom. The van der Waals surface area contributed by atoms with Crippen LogP contribution in [-0.2, 0) is 13.0 Å². The zero-order valence-electron chi connectivity index (χ0n) is 11.9. The van der Waals surface area contributed by atoms with Gasteiger partial charge < -0.3 is 10.4 Å². The van der Waals surface area contributed by atoms with Crippen LogP contribution in [0.5, 0.6) is 0 Å². The Morgan fingerprint density at radius 3 is 3.00 bits per heavy atom. The highest BCUT2D eigenvalue weighted by atomic mass is 16.4. The molecule has 0 fully saturated rings. The first-order valence-electron chi connectivity index (χ1n) is 7.11. The molecule has 2 aromatic heterocycles. The first kappa shape index (κ1) is 14.2. The number of carboxylic acid groups (broad SMARTS) is 1. The fourth-order valence-corrected chi connectivity index (χ4v) is 2.69. The molecular formula is C15H16N4O3. The second kappa shape index (κ2) is 5.97. The summed E-state index contributed by atoms with van der Waals surface area (Å²) in [4.78, 5) is 27.1. The second-order valence-corrected chi connectivity index (χ2v) is 5.34. The van der Waals surface area contributed by atoms with Crippen LogP contribution in [0, 0.1) is 5.92 Å². The average Bonchev–Trinajstić information content (AvgIpc) is 2.96. The number of aryl methyl sites for hydroxylation is 1. The summed E-state index contributed by atoms with van der Waals surface area (Å²) in [7, 11) is 0. The van der Waals surface area contributed by atoms with E-state index in [9.17, 15) is 9.59 Å². The van der Waals surface area contributed by atoms with Gasteiger partial charge in [-0.3, -0.25) is 14.5 Å². The zero-order chi connectivity index (χ0) is 15.5. The van der Waals surface area contributed by atoms with Gasteiger partial charge in [-0.2, -0.15) is 5.10 Å². The van der Waals surface area contributed by atoms with Gasteiger partial charge in [-0.25, -0.2) is 4.79 Å². The number of rotatable bonds is 4. The number of nitrogens with one attached hydrogen (secondary N) is 1. The molecule has 3 heterocycles. The van der Waals surface area contributed by atoms with E-state index in [0.717, 1.165) is 12.1 Å². The Bertz CT molecular complexity index is 696. The molecule has 1 unspecified atom stereocenters. The number of hydrogen-bond donors (Lipinski definition) is 2. The number of amides is 1. The largest absolute Gasteiger partial charge is 0.478 e. The number of fused-ring (bicyclic) bond motifs is 1. The molecule has 0 bridgehead atoms. The van der Waals surface area contributed by atoms with E-state index >= 15 is 0 Å². The highest BCUT2D eigenvalue weighted by Gasteiger charge is 2.25. The Morgan fingerprint density at radius 1 is 1.41 bits per heavy atom. The monoisotopic (exact) mass is 300 g/mol. The molecule has 7 nitrogen and oxygen atoms in total. The molecule has 2 N–H and O–H groups in total. The highest BCUT2D eigenvalue weighted by molar-refractivity contribution is 5.93. The smallest absolute Gasteiger partial charge is 0.339 e. The second-order valence-electron chi connectivity index (χ2n) is 5.34. The molecule has 1 aliphatic heterocycles. The van der Waals surface area contributed by atoms with E-state index in [4.69, 9.17) is 5.11 Å². The summed E-state index contributed by atoms with van der Waals surface area (Å²) in [6.07, 6.45) is 6.00. The van der Waals surface area contributed by atoms with Crippen LogP contribution >= 0.6 is 0 Å². The number of aromatic nitrogens is 3. The number of pyridine rings is 1. The van der Waals surface area contributed by atoms with Gasteiger partial charge in [0.15, 0.2) is 0 Å². The van der Waals surface area contributed by atoms with Crippen LogP contribution in [0.1, 0.15) is 32.8 Å². The molecule has 0 radical (unpaired) electrons. The Hall–Kier alpha value is -2.70. The van der Waals surface area contributed by atoms with Crippen molar-refractivity contribution in [2.45, 2.75) is 19.4 Å². The van der Waals surface area contributed by atoms with Crippen molar-refractivity contribution < 1.29 is 14.7 Å². The van der Waals surface area contributed by atoms with Gasteiger partial charge in [-0.1, -0.05) is 0 Å². The summed E-state index contributed by atoms with van der Waals surface area (Å²) in [5.74, 6) is -0.908. The van der Waals surface area contributed by atoms with Crippen molar-refractivity contribution in [1.29, 1.82) is 0 Å². The van der Waals surface area contributed by atoms with Gasteiger partial charge in [0, 0.05) is 25.5 Å². The zero-order valence-corrected chi connectivity index (χ0v) is 11.9. The molecule has 0 saturated carbocycles. The van der Waals surface area contributed by atoms with Crippen molar-refractivity contribution in [3.8, 4) is 0 Å². The predicted molar refractivity (Wildman–Crippen MR) is 77.6 cm³/mol. The molecule has 0 aromatic carbocycles. The van der Waals surface area contributed by atoms with Crippen molar-refractivity contribution in [2.24, 2.45) is 5.92 Å². The maximum atomic E-state index is 12.0. The summed E-state index contributed by atoms with van der Waals surface area (Å²) in [6, 6.07) is 3.42. The molecular weight excluding hydrogens is 284 g/mol. The van der Waals surface area contributed by atoms with Gasteiger partial charge >= 0.3 is 5.97 Å². The molecule has 0 saturated heterocycles. The van der Waals surface area contributed by atoms with E-state index in [-0.39, 0.29) is 17.4 Å². The predicted octanol–water partition coefficient (Wildman–Crippen LogP) is 0.969. The molecule has 7 heteroatoms. The van der Waals surface area contributed by atoms with Crippen LogP contribution in [0.4, 0.5) is 0 Å². The Kier molecular flexibility index (Phi) is 3.86. The molecule has 1 amide bonds. The SMILES string of the molecule is O=C(NCC1CCn2ncc(C(=O)O)c2C1)c1cccnc1. The van der Waals surface area contributed by atoms with Crippen LogP contribution in [0.3, 0.4) is 0 Å². The lowest BCUT2D eigenvalue weighted by atomic mass is 9.94. The van der Waals surface area contributed by atoms with Crippen LogP contribution < -0.4 is 5.32 Å². The van der Waals surface area contributed by atoms with Crippen molar-refractivity contribution in [3.63, 3.8) is 0 Å². The Balaban J connectivity index is 1.62. The number of aromatic carboxylic acids is 1. The van der Waals surface area contributed by atoms with Crippen LogP contribution in [0.25, 0.3) is 0 Å². The molecule has 0 spiro atoms. The minimum Gasteiger partial charge on any atom is -0.478 e. The van der Waals surface area contributed by atoms with Gasteiger partial charge in [0.1, 0.15) is 5.56 Å². The fourth-order valence-electron chi connectivity index (χ4n) is 2.69. The van der Waals surface area contributed by atoms with Gasteiger partial charge in [-0.15, -0.1) is 0 Å². The molecule has 114 valence electrons. The minimum absolute atomic E-state index is 0.161. The van der Waals surface area contributed by atoms with Crippen molar-refractivity contribution in [2.75, 3.05) is 6.54 Å². The first-order chi connectivity index (χ1) is 10.6. The summed E-state index contributed by atoms with van der Waals surface area (Å²) < 4.78 is 1.74. The van der Waals surface area contributed by atoms with Crippen molar-refractivity contribution in [3.05, 3.63) is 47.5 Å². The number of carboxylic acids is 1. The van der Waals surface area contributed by atoms with E-state index in [1.54, 1.807) is 23.0 Å². The summed E-state index contributed by atoms with van der Waals surface area (Å²) >= 11 is 0.